The van der Waals surface area contributed by atoms with Crippen LogP contribution in [-0.4, -0.2) is 23.8 Å². The first kappa shape index (κ1) is 11.9. The van der Waals surface area contributed by atoms with Crippen LogP contribution in [0.5, 0.6) is 0 Å². The number of benzene rings is 1. The van der Waals surface area contributed by atoms with Gasteiger partial charge in [0.2, 0.25) is 0 Å². The molecule has 17 heavy (non-hydrogen) atoms. The standard InChI is InChI=1S/C11H13N3O2S/c1-7-4-8(2)11(9(3)5-7)14-6-10(12-13-14)17(15)16/h4-6H,1-3H3,(H,15,16)/p-1. The number of hydrogen-bond donors (Lipinski definition) is 0. The third-order valence-corrected chi connectivity index (χ3v) is 3.04. The molecule has 1 heterocycles. The van der Waals surface area contributed by atoms with E-state index in [2.05, 4.69) is 10.3 Å². The molecule has 1 unspecified atom stereocenters. The van der Waals surface area contributed by atoms with Crippen LogP contribution in [0.3, 0.4) is 0 Å². The maximum Gasteiger partial charge on any atom is 0.156 e. The highest BCUT2D eigenvalue weighted by Gasteiger charge is 2.09. The quantitative estimate of drug-likeness (QED) is 0.756. The van der Waals surface area contributed by atoms with Gasteiger partial charge >= 0.3 is 0 Å². The fourth-order valence-electron chi connectivity index (χ4n) is 1.97. The van der Waals surface area contributed by atoms with E-state index >= 15 is 0 Å². The van der Waals surface area contributed by atoms with E-state index in [0.717, 1.165) is 22.4 Å². The Bertz CT molecular complexity index is 569. The van der Waals surface area contributed by atoms with E-state index in [0.29, 0.717) is 0 Å². The van der Waals surface area contributed by atoms with E-state index in [1.807, 2.05) is 32.9 Å². The molecule has 0 aliphatic rings. The molecule has 0 aliphatic heterocycles. The summed E-state index contributed by atoms with van der Waals surface area (Å²) in [6, 6.07) is 4.05. The molecule has 6 heteroatoms. The second-order valence-electron chi connectivity index (χ2n) is 3.98. The van der Waals surface area contributed by atoms with Crippen molar-refractivity contribution in [3.63, 3.8) is 0 Å². The van der Waals surface area contributed by atoms with Gasteiger partial charge in [-0.15, -0.1) is 5.10 Å². The minimum Gasteiger partial charge on any atom is -0.767 e. The van der Waals surface area contributed by atoms with Crippen molar-refractivity contribution >= 4 is 11.1 Å². The van der Waals surface area contributed by atoms with Crippen LogP contribution in [0.15, 0.2) is 23.4 Å². The highest BCUT2D eigenvalue weighted by Crippen LogP contribution is 2.20. The van der Waals surface area contributed by atoms with Crippen molar-refractivity contribution in [1.29, 1.82) is 0 Å². The second kappa shape index (κ2) is 4.38. The minimum absolute atomic E-state index is 0.0515. The summed E-state index contributed by atoms with van der Waals surface area (Å²) in [5.74, 6) is 0. The molecule has 0 radical (unpaired) electrons. The number of aromatic nitrogens is 3. The second-order valence-corrected chi connectivity index (χ2v) is 4.87. The summed E-state index contributed by atoms with van der Waals surface area (Å²) in [6.45, 7) is 5.94. The average molecular weight is 250 g/mol. The first-order valence-corrected chi connectivity index (χ1v) is 6.16. The van der Waals surface area contributed by atoms with Gasteiger partial charge in [-0.05, 0) is 31.9 Å². The molecule has 0 saturated heterocycles. The van der Waals surface area contributed by atoms with Gasteiger partial charge in [0.25, 0.3) is 0 Å². The third kappa shape index (κ3) is 2.27. The minimum atomic E-state index is -2.34. The van der Waals surface area contributed by atoms with Crippen LogP contribution in [-0.2, 0) is 11.1 Å². The Morgan fingerprint density at radius 3 is 2.29 bits per heavy atom. The molecule has 0 saturated carbocycles. The Morgan fingerprint density at radius 1 is 1.24 bits per heavy atom. The number of nitrogens with zero attached hydrogens (tertiary/aromatic N) is 3. The summed E-state index contributed by atoms with van der Waals surface area (Å²) in [7, 11) is 0. The van der Waals surface area contributed by atoms with Gasteiger partial charge in [0.15, 0.2) is 5.03 Å². The van der Waals surface area contributed by atoms with Crippen LogP contribution in [0.1, 0.15) is 16.7 Å². The van der Waals surface area contributed by atoms with Crippen LogP contribution in [0.25, 0.3) is 5.69 Å². The fourth-order valence-corrected chi connectivity index (χ4v) is 2.26. The van der Waals surface area contributed by atoms with E-state index in [-0.39, 0.29) is 5.03 Å². The van der Waals surface area contributed by atoms with Crippen molar-refractivity contribution in [3.05, 3.63) is 35.0 Å². The van der Waals surface area contributed by atoms with Crippen LogP contribution in [0, 0.1) is 20.8 Å². The maximum absolute atomic E-state index is 10.8. The van der Waals surface area contributed by atoms with E-state index in [4.69, 9.17) is 0 Å². The molecule has 1 atom stereocenters. The molecular weight excluding hydrogens is 238 g/mol. The first-order valence-electron chi connectivity index (χ1n) is 5.09. The Kier molecular flexibility index (Phi) is 3.08. The summed E-state index contributed by atoms with van der Waals surface area (Å²) in [5, 5.41) is 7.38. The maximum atomic E-state index is 10.8. The van der Waals surface area contributed by atoms with Gasteiger partial charge in [-0.2, -0.15) is 0 Å². The molecule has 0 spiro atoms. The predicted octanol–water partition coefficient (Wildman–Crippen LogP) is 1.43. The third-order valence-electron chi connectivity index (χ3n) is 2.51. The van der Waals surface area contributed by atoms with Gasteiger partial charge in [-0.3, -0.25) is 4.21 Å². The Morgan fingerprint density at radius 2 is 1.82 bits per heavy atom. The predicted molar refractivity (Wildman–Crippen MR) is 62.8 cm³/mol. The van der Waals surface area contributed by atoms with Crippen molar-refractivity contribution in [2.45, 2.75) is 25.8 Å². The summed E-state index contributed by atoms with van der Waals surface area (Å²) in [6.07, 6.45) is 1.41. The van der Waals surface area contributed by atoms with Crippen molar-refractivity contribution in [1.82, 2.24) is 15.0 Å². The normalized spacial score (nSPS) is 12.7. The summed E-state index contributed by atoms with van der Waals surface area (Å²) in [4.78, 5) is 0. The summed E-state index contributed by atoms with van der Waals surface area (Å²) < 4.78 is 23.0. The molecular formula is C11H12N3O2S-. The molecule has 90 valence electrons. The van der Waals surface area contributed by atoms with Gasteiger partial charge in [0.1, 0.15) is 0 Å². The summed E-state index contributed by atoms with van der Waals surface area (Å²) in [5.41, 5.74) is 4.11. The molecule has 0 aliphatic carbocycles. The zero-order valence-corrected chi connectivity index (χ0v) is 10.6. The lowest BCUT2D eigenvalue weighted by molar-refractivity contribution is 0.533. The van der Waals surface area contributed by atoms with Crippen molar-refractivity contribution in [2.24, 2.45) is 0 Å². The Balaban J connectivity index is 2.56. The van der Waals surface area contributed by atoms with Crippen LogP contribution in [0.4, 0.5) is 0 Å². The number of hydrogen-bond acceptors (Lipinski definition) is 4. The van der Waals surface area contributed by atoms with E-state index in [1.54, 1.807) is 0 Å². The topological polar surface area (TPSA) is 70.8 Å². The zero-order valence-electron chi connectivity index (χ0n) is 9.80. The lowest BCUT2D eigenvalue weighted by Gasteiger charge is -2.10. The molecule has 1 aromatic heterocycles. The lowest BCUT2D eigenvalue weighted by atomic mass is 10.1. The monoisotopic (exact) mass is 250 g/mol. The molecule has 2 aromatic rings. The summed E-state index contributed by atoms with van der Waals surface area (Å²) >= 11 is -2.34. The van der Waals surface area contributed by atoms with Crippen LogP contribution < -0.4 is 0 Å². The highest BCUT2D eigenvalue weighted by molar-refractivity contribution is 7.79. The van der Waals surface area contributed by atoms with E-state index < -0.39 is 11.1 Å². The average Bonchev–Trinajstić information content (AvgIpc) is 2.65. The van der Waals surface area contributed by atoms with Gasteiger partial charge in [-0.1, -0.05) is 22.9 Å². The van der Waals surface area contributed by atoms with Crippen molar-refractivity contribution in [3.8, 4) is 5.69 Å². The van der Waals surface area contributed by atoms with Gasteiger partial charge in [0.05, 0.1) is 11.9 Å². The molecule has 0 bridgehead atoms. The van der Waals surface area contributed by atoms with Crippen molar-refractivity contribution < 1.29 is 8.76 Å². The van der Waals surface area contributed by atoms with Crippen LogP contribution in [0.2, 0.25) is 0 Å². The highest BCUT2D eigenvalue weighted by atomic mass is 32.2. The van der Waals surface area contributed by atoms with Gasteiger partial charge < -0.3 is 4.55 Å². The van der Waals surface area contributed by atoms with Crippen molar-refractivity contribution in [2.75, 3.05) is 0 Å². The number of aryl methyl sites for hydroxylation is 3. The lowest BCUT2D eigenvalue weighted by Crippen LogP contribution is -2.01. The van der Waals surface area contributed by atoms with Gasteiger partial charge in [0, 0.05) is 11.1 Å². The first-order chi connectivity index (χ1) is 7.99. The Hall–Kier alpha value is -1.53. The molecule has 0 amide bonds. The molecule has 2 rings (SSSR count). The molecule has 1 aromatic carbocycles. The molecule has 0 N–H and O–H groups in total. The zero-order chi connectivity index (χ0) is 12.6. The fraction of sp³-hybridized carbons (Fsp3) is 0.273. The van der Waals surface area contributed by atoms with E-state index in [9.17, 15) is 8.76 Å². The smallest absolute Gasteiger partial charge is 0.156 e. The Labute approximate surface area is 102 Å². The van der Waals surface area contributed by atoms with Crippen LogP contribution >= 0.6 is 0 Å². The largest absolute Gasteiger partial charge is 0.767 e. The molecule has 0 fully saturated rings. The van der Waals surface area contributed by atoms with E-state index in [1.165, 1.54) is 10.9 Å². The SMILES string of the molecule is Cc1cc(C)c(-n2cc(S(=O)[O-])nn2)c(C)c1. The number of rotatable bonds is 2. The molecule has 5 nitrogen and oxygen atoms in total. The van der Waals surface area contributed by atoms with Gasteiger partial charge in [-0.25, -0.2) is 4.68 Å².